The zero-order chi connectivity index (χ0) is 21.6. The number of anilines is 1. The van der Waals surface area contributed by atoms with Crippen LogP contribution >= 0.6 is 11.6 Å². The summed E-state index contributed by atoms with van der Waals surface area (Å²) in [4.78, 5) is 10.8. The third kappa shape index (κ3) is 6.62. The van der Waals surface area contributed by atoms with Gasteiger partial charge in [0.05, 0.1) is 22.5 Å². The van der Waals surface area contributed by atoms with Gasteiger partial charge in [0.1, 0.15) is 0 Å². The van der Waals surface area contributed by atoms with Gasteiger partial charge in [-0.1, -0.05) is 23.7 Å². The molecular formula is C22H26ClN3O3. The number of benzene rings is 2. The lowest BCUT2D eigenvalue weighted by Crippen LogP contribution is -2.29. The van der Waals surface area contributed by atoms with Gasteiger partial charge in [0.15, 0.2) is 0 Å². The molecule has 0 aliphatic rings. The monoisotopic (exact) mass is 415 g/mol. The number of halogens is 1. The molecule has 0 spiro atoms. The lowest BCUT2D eigenvalue weighted by Gasteiger charge is -2.22. The summed E-state index contributed by atoms with van der Waals surface area (Å²) in [6, 6.07) is 12.1. The van der Waals surface area contributed by atoms with Crippen molar-refractivity contribution in [3.63, 3.8) is 0 Å². The van der Waals surface area contributed by atoms with Crippen molar-refractivity contribution in [1.29, 1.82) is 0 Å². The van der Waals surface area contributed by atoms with Gasteiger partial charge in [-0.3, -0.25) is 15.1 Å². The Kier molecular flexibility index (Phi) is 7.82. The van der Waals surface area contributed by atoms with Crippen molar-refractivity contribution in [3.8, 4) is 0 Å². The van der Waals surface area contributed by atoms with Crippen LogP contribution in [-0.4, -0.2) is 11.0 Å². The molecule has 7 heteroatoms. The summed E-state index contributed by atoms with van der Waals surface area (Å²) in [6.07, 6.45) is 4.28. The van der Waals surface area contributed by atoms with Gasteiger partial charge in [-0.25, -0.2) is 5.84 Å². The molecule has 0 amide bonds. The van der Waals surface area contributed by atoms with Crippen LogP contribution in [0.2, 0.25) is 5.02 Å². The average Bonchev–Trinajstić information content (AvgIpc) is 2.66. The molecule has 154 valence electrons. The van der Waals surface area contributed by atoms with E-state index in [1.807, 2.05) is 52.0 Å². The molecule has 0 saturated carbocycles. The average molecular weight is 416 g/mol. The zero-order valence-electron chi connectivity index (χ0n) is 17.1. The number of hydrazine groups is 1. The van der Waals surface area contributed by atoms with E-state index in [4.69, 9.17) is 22.2 Å². The molecule has 0 atom stereocenters. The van der Waals surface area contributed by atoms with Crippen molar-refractivity contribution in [3.05, 3.63) is 92.3 Å². The van der Waals surface area contributed by atoms with Gasteiger partial charge in [-0.15, -0.1) is 0 Å². The molecule has 0 heterocycles. The first kappa shape index (κ1) is 22.5. The smallest absolute Gasteiger partial charge is 0.269 e. The highest BCUT2D eigenvalue weighted by molar-refractivity contribution is 6.30. The van der Waals surface area contributed by atoms with Crippen molar-refractivity contribution >= 4 is 23.0 Å². The summed E-state index contributed by atoms with van der Waals surface area (Å²) in [5.41, 5.74) is 3.20. The number of nitrogens with zero attached hydrogens (tertiary/aromatic N) is 2. The van der Waals surface area contributed by atoms with Crippen LogP contribution in [-0.2, 0) is 11.2 Å². The number of rotatable bonds is 8. The third-order valence-electron chi connectivity index (χ3n) is 4.20. The molecule has 0 fully saturated rings. The van der Waals surface area contributed by atoms with E-state index in [1.54, 1.807) is 24.3 Å². The molecule has 6 nitrogen and oxygen atoms in total. The Hall–Kier alpha value is -2.83. The summed E-state index contributed by atoms with van der Waals surface area (Å²) in [6.45, 7) is 7.67. The number of hydrogen-bond donors (Lipinski definition) is 1. The lowest BCUT2D eigenvalue weighted by atomic mass is 10.0. The van der Waals surface area contributed by atoms with Crippen LogP contribution < -0.4 is 10.9 Å². The van der Waals surface area contributed by atoms with E-state index < -0.39 is 4.92 Å². The first-order chi connectivity index (χ1) is 13.7. The molecule has 0 unspecified atom stereocenters. The largest absolute Gasteiger partial charge is 0.496 e. The summed E-state index contributed by atoms with van der Waals surface area (Å²) < 4.78 is 5.61. The van der Waals surface area contributed by atoms with Crippen LogP contribution in [0.1, 0.15) is 38.8 Å². The summed E-state index contributed by atoms with van der Waals surface area (Å²) in [5, 5.41) is 13.4. The molecule has 2 aromatic carbocycles. The van der Waals surface area contributed by atoms with E-state index in [1.165, 1.54) is 11.1 Å². The molecule has 0 aliphatic heterocycles. The molecule has 29 heavy (non-hydrogen) atoms. The van der Waals surface area contributed by atoms with Crippen LogP contribution in [0.15, 0.2) is 66.1 Å². The SMILES string of the molecule is C/C(=C\C=C(/C)N(N)c1ccc([N+](=O)[O-])cc1Cc1ccc(Cl)cc1)OC(C)C. The van der Waals surface area contributed by atoms with E-state index in [9.17, 15) is 10.1 Å². The molecule has 0 saturated heterocycles. The summed E-state index contributed by atoms with van der Waals surface area (Å²) in [5.74, 6) is 7.11. The maximum Gasteiger partial charge on any atom is 0.269 e. The number of hydrogen-bond acceptors (Lipinski definition) is 5. The number of nitro groups is 1. The van der Waals surface area contributed by atoms with Crippen LogP contribution in [0.5, 0.6) is 0 Å². The Labute approximate surface area is 176 Å². The van der Waals surface area contributed by atoms with Crippen LogP contribution in [0, 0.1) is 10.1 Å². The van der Waals surface area contributed by atoms with Gasteiger partial charge in [0, 0.05) is 22.9 Å². The first-order valence-corrected chi connectivity index (χ1v) is 9.63. The van der Waals surface area contributed by atoms with E-state index in [0.717, 1.165) is 22.6 Å². The summed E-state index contributed by atoms with van der Waals surface area (Å²) in [7, 11) is 0. The maximum atomic E-state index is 11.2. The van der Waals surface area contributed by atoms with E-state index in [-0.39, 0.29) is 11.8 Å². The minimum Gasteiger partial charge on any atom is -0.496 e. The molecule has 0 radical (unpaired) electrons. The van der Waals surface area contributed by atoms with Gasteiger partial charge >= 0.3 is 0 Å². The second kappa shape index (κ2) is 10.1. The van der Waals surface area contributed by atoms with Crippen molar-refractivity contribution in [2.24, 2.45) is 5.84 Å². The highest BCUT2D eigenvalue weighted by Gasteiger charge is 2.15. The maximum absolute atomic E-state index is 11.2. The van der Waals surface area contributed by atoms with Gasteiger partial charge in [0.2, 0.25) is 0 Å². The molecule has 2 aromatic rings. The fraction of sp³-hybridized carbons (Fsp3) is 0.273. The minimum atomic E-state index is -0.409. The lowest BCUT2D eigenvalue weighted by molar-refractivity contribution is -0.384. The van der Waals surface area contributed by atoms with Gasteiger partial charge in [0.25, 0.3) is 5.69 Å². The topological polar surface area (TPSA) is 81.6 Å². The Balaban J connectivity index is 2.36. The predicted molar refractivity (Wildman–Crippen MR) is 118 cm³/mol. The Morgan fingerprint density at radius 2 is 1.86 bits per heavy atom. The van der Waals surface area contributed by atoms with Gasteiger partial charge < -0.3 is 4.74 Å². The normalized spacial score (nSPS) is 12.2. The van der Waals surface area contributed by atoms with Crippen molar-refractivity contribution in [2.75, 3.05) is 5.01 Å². The molecule has 0 aromatic heterocycles. The standard InChI is InChI=1S/C22H26ClN3O3/c1-15(2)29-17(4)6-5-16(3)25(24)22-12-11-21(26(27)28)14-19(22)13-18-7-9-20(23)10-8-18/h5-12,14-15H,13,24H2,1-4H3/b16-5+,17-6+. The van der Waals surface area contributed by atoms with E-state index in [0.29, 0.717) is 17.1 Å². The van der Waals surface area contributed by atoms with Gasteiger partial charge in [-0.05, 0) is 75.6 Å². The second-order valence-corrected chi connectivity index (χ2v) is 7.43. The van der Waals surface area contributed by atoms with Crippen LogP contribution in [0.3, 0.4) is 0 Å². The van der Waals surface area contributed by atoms with E-state index >= 15 is 0 Å². The number of ether oxygens (including phenoxy) is 1. The van der Waals surface area contributed by atoms with E-state index in [2.05, 4.69) is 0 Å². The molecule has 0 aliphatic carbocycles. The predicted octanol–water partition coefficient (Wildman–Crippen LogP) is 5.75. The Morgan fingerprint density at radius 1 is 1.21 bits per heavy atom. The number of non-ortho nitro benzene ring substituents is 1. The number of nitro benzene ring substituents is 1. The number of nitrogens with two attached hydrogens (primary N) is 1. The molecule has 2 rings (SSSR count). The number of allylic oxidation sites excluding steroid dienone is 4. The first-order valence-electron chi connectivity index (χ1n) is 9.25. The van der Waals surface area contributed by atoms with Crippen molar-refractivity contribution < 1.29 is 9.66 Å². The Bertz CT molecular complexity index is 921. The quantitative estimate of drug-likeness (QED) is 0.195. The molecule has 2 N–H and O–H groups in total. The fourth-order valence-electron chi connectivity index (χ4n) is 2.80. The highest BCUT2D eigenvalue weighted by atomic mass is 35.5. The second-order valence-electron chi connectivity index (χ2n) is 7.00. The van der Waals surface area contributed by atoms with Gasteiger partial charge in [-0.2, -0.15) is 0 Å². The minimum absolute atomic E-state index is 0.0221. The summed E-state index contributed by atoms with van der Waals surface area (Å²) >= 11 is 5.96. The highest BCUT2D eigenvalue weighted by Crippen LogP contribution is 2.28. The van der Waals surface area contributed by atoms with Crippen LogP contribution in [0.25, 0.3) is 0 Å². The Morgan fingerprint density at radius 3 is 2.45 bits per heavy atom. The van der Waals surface area contributed by atoms with Crippen molar-refractivity contribution in [1.82, 2.24) is 0 Å². The molecular weight excluding hydrogens is 390 g/mol. The molecule has 0 bridgehead atoms. The fourth-order valence-corrected chi connectivity index (χ4v) is 2.93. The van der Waals surface area contributed by atoms with Crippen LogP contribution in [0.4, 0.5) is 11.4 Å². The zero-order valence-corrected chi connectivity index (χ0v) is 17.8. The third-order valence-corrected chi connectivity index (χ3v) is 4.45. The van der Waals surface area contributed by atoms with Crippen molar-refractivity contribution in [2.45, 2.75) is 40.2 Å².